The van der Waals surface area contributed by atoms with Gasteiger partial charge in [0.1, 0.15) is 4.34 Å². The second kappa shape index (κ2) is 5.32. The minimum Gasteiger partial charge on any atom is -0.324 e. The van der Waals surface area contributed by atoms with Gasteiger partial charge >= 0.3 is 0 Å². The highest BCUT2D eigenvalue weighted by Gasteiger charge is 2.10. The fraction of sp³-hybridized carbons (Fsp3) is 0.167. The number of nitrogens with two attached hydrogens (primary N) is 1. The Bertz CT molecular complexity index is 450. The molecule has 2 aromatic rings. The van der Waals surface area contributed by atoms with Crippen LogP contribution in [0.5, 0.6) is 0 Å². The summed E-state index contributed by atoms with van der Waals surface area (Å²) in [5.41, 5.74) is 7.29. The van der Waals surface area contributed by atoms with Crippen LogP contribution in [0.25, 0.3) is 0 Å². The molecule has 0 radical (unpaired) electrons. The number of rotatable bonds is 3. The molecule has 4 heteroatoms. The summed E-state index contributed by atoms with van der Waals surface area (Å²) in [7, 11) is 0. The number of hydrogen-bond donors (Lipinski definition) is 1. The Morgan fingerprint density at radius 1 is 1.31 bits per heavy atom. The average molecular weight is 317 g/mol. The van der Waals surface area contributed by atoms with E-state index in [1.54, 1.807) is 11.3 Å². The first-order valence-corrected chi connectivity index (χ1v) is 6.90. The van der Waals surface area contributed by atoms with Crippen molar-refractivity contribution in [2.24, 2.45) is 5.73 Å². The van der Waals surface area contributed by atoms with E-state index in [0.29, 0.717) is 0 Å². The monoisotopic (exact) mass is 315 g/mol. The number of thiophene rings is 1. The maximum absolute atomic E-state index is 6.13. The normalized spacial score (nSPS) is 12.7. The molecular weight excluding hydrogens is 306 g/mol. The van der Waals surface area contributed by atoms with Crippen LogP contribution in [0.4, 0.5) is 0 Å². The smallest absolute Gasteiger partial charge is 0.107 e. The van der Waals surface area contributed by atoms with E-state index in [2.05, 4.69) is 28.1 Å². The quantitative estimate of drug-likeness (QED) is 0.892. The molecule has 1 unspecified atom stereocenters. The van der Waals surface area contributed by atoms with E-state index >= 15 is 0 Å². The second-order valence-electron chi connectivity index (χ2n) is 3.56. The highest BCUT2D eigenvalue weighted by molar-refractivity contribution is 9.10. The first-order chi connectivity index (χ1) is 7.66. The van der Waals surface area contributed by atoms with Crippen molar-refractivity contribution in [3.63, 3.8) is 0 Å². The van der Waals surface area contributed by atoms with E-state index < -0.39 is 0 Å². The van der Waals surface area contributed by atoms with Crippen molar-refractivity contribution in [2.75, 3.05) is 0 Å². The molecule has 0 saturated heterocycles. The van der Waals surface area contributed by atoms with Crippen LogP contribution in [-0.4, -0.2) is 0 Å². The van der Waals surface area contributed by atoms with Crippen LogP contribution < -0.4 is 5.73 Å². The molecule has 0 amide bonds. The Morgan fingerprint density at radius 2 is 2.00 bits per heavy atom. The Morgan fingerprint density at radius 3 is 2.56 bits per heavy atom. The minimum atomic E-state index is 0.0304. The molecule has 0 fully saturated rings. The van der Waals surface area contributed by atoms with Crippen molar-refractivity contribution >= 4 is 38.9 Å². The summed E-state index contributed by atoms with van der Waals surface area (Å²) in [6, 6.07) is 12.2. The lowest BCUT2D eigenvalue weighted by molar-refractivity contribution is 0.730. The summed E-state index contributed by atoms with van der Waals surface area (Å²) >= 11 is 11.0. The Labute approximate surface area is 112 Å². The summed E-state index contributed by atoms with van der Waals surface area (Å²) in [5.74, 6) is 0. The SMILES string of the molecule is NC(Cc1cc(Br)c(Cl)s1)c1ccccc1. The third-order valence-corrected chi connectivity index (χ3v) is 4.84. The van der Waals surface area contributed by atoms with Crippen molar-refractivity contribution in [3.8, 4) is 0 Å². The zero-order valence-electron chi connectivity index (χ0n) is 8.49. The van der Waals surface area contributed by atoms with Crippen LogP contribution in [0, 0.1) is 0 Å². The van der Waals surface area contributed by atoms with Gasteiger partial charge < -0.3 is 5.73 Å². The fourth-order valence-electron chi connectivity index (χ4n) is 1.53. The molecule has 0 bridgehead atoms. The molecule has 16 heavy (non-hydrogen) atoms. The summed E-state index contributed by atoms with van der Waals surface area (Å²) in [6.45, 7) is 0. The molecule has 1 nitrogen and oxygen atoms in total. The fourth-order valence-corrected chi connectivity index (χ4v) is 3.38. The van der Waals surface area contributed by atoms with Gasteiger partial charge in [0.15, 0.2) is 0 Å². The number of benzene rings is 1. The molecule has 0 aliphatic rings. The molecule has 1 atom stereocenters. The summed E-state index contributed by atoms with van der Waals surface area (Å²) in [5, 5.41) is 0. The lowest BCUT2D eigenvalue weighted by Crippen LogP contribution is -2.12. The summed E-state index contributed by atoms with van der Waals surface area (Å²) < 4.78 is 1.74. The van der Waals surface area contributed by atoms with E-state index in [0.717, 1.165) is 20.8 Å². The van der Waals surface area contributed by atoms with Gasteiger partial charge in [0.05, 0.1) is 0 Å². The third-order valence-electron chi connectivity index (χ3n) is 2.35. The van der Waals surface area contributed by atoms with Gasteiger partial charge in [0.2, 0.25) is 0 Å². The summed E-state index contributed by atoms with van der Waals surface area (Å²) in [4.78, 5) is 1.20. The van der Waals surface area contributed by atoms with Gasteiger partial charge in [-0.25, -0.2) is 0 Å². The highest BCUT2D eigenvalue weighted by atomic mass is 79.9. The van der Waals surface area contributed by atoms with E-state index in [-0.39, 0.29) is 6.04 Å². The predicted molar refractivity (Wildman–Crippen MR) is 74.1 cm³/mol. The third kappa shape index (κ3) is 2.86. The van der Waals surface area contributed by atoms with Gasteiger partial charge in [-0.2, -0.15) is 0 Å². The predicted octanol–water partition coefficient (Wildman–Crippen LogP) is 4.41. The zero-order chi connectivity index (χ0) is 11.5. The molecule has 2 rings (SSSR count). The molecule has 1 aromatic heterocycles. The topological polar surface area (TPSA) is 26.0 Å². The van der Waals surface area contributed by atoms with Crippen LogP contribution in [-0.2, 0) is 6.42 Å². The van der Waals surface area contributed by atoms with Gasteiger partial charge in [-0.1, -0.05) is 41.9 Å². The Balaban J connectivity index is 2.11. The standard InChI is InChI=1S/C12H11BrClNS/c13-10-6-9(16-12(10)14)7-11(15)8-4-2-1-3-5-8/h1-6,11H,7,15H2. The van der Waals surface area contributed by atoms with E-state index in [9.17, 15) is 0 Å². The Hall–Kier alpha value is -0.350. The van der Waals surface area contributed by atoms with Gasteiger partial charge in [-0.3, -0.25) is 0 Å². The maximum Gasteiger partial charge on any atom is 0.107 e. The number of halogens is 2. The molecular formula is C12H11BrClNS. The lowest BCUT2D eigenvalue weighted by Gasteiger charge is -2.10. The minimum absolute atomic E-state index is 0.0304. The van der Waals surface area contributed by atoms with Crippen LogP contribution in [0.2, 0.25) is 4.34 Å². The first kappa shape index (κ1) is 12.1. The van der Waals surface area contributed by atoms with Gasteiger partial charge in [-0.05, 0) is 27.6 Å². The van der Waals surface area contributed by atoms with E-state index in [1.807, 2.05) is 24.3 Å². The van der Waals surface area contributed by atoms with Gasteiger partial charge in [0.25, 0.3) is 0 Å². The molecule has 0 aliphatic carbocycles. The largest absolute Gasteiger partial charge is 0.324 e. The molecule has 84 valence electrons. The second-order valence-corrected chi connectivity index (χ2v) is 6.15. The van der Waals surface area contributed by atoms with Crippen molar-refractivity contribution in [1.29, 1.82) is 0 Å². The maximum atomic E-state index is 6.13. The van der Waals surface area contributed by atoms with E-state index in [4.69, 9.17) is 17.3 Å². The van der Waals surface area contributed by atoms with Crippen LogP contribution in [0.3, 0.4) is 0 Å². The van der Waals surface area contributed by atoms with E-state index in [1.165, 1.54) is 4.88 Å². The van der Waals surface area contributed by atoms with Gasteiger partial charge in [-0.15, -0.1) is 11.3 Å². The van der Waals surface area contributed by atoms with Crippen LogP contribution in [0.1, 0.15) is 16.5 Å². The Kier molecular flexibility index (Phi) is 4.03. The zero-order valence-corrected chi connectivity index (χ0v) is 11.6. The molecule has 2 N–H and O–H groups in total. The average Bonchev–Trinajstić information content (AvgIpc) is 2.59. The number of hydrogen-bond acceptors (Lipinski definition) is 2. The molecule has 0 spiro atoms. The van der Waals surface area contributed by atoms with Gasteiger partial charge in [0, 0.05) is 21.8 Å². The molecule has 0 aliphatic heterocycles. The lowest BCUT2D eigenvalue weighted by atomic mass is 10.0. The van der Waals surface area contributed by atoms with Crippen molar-refractivity contribution in [1.82, 2.24) is 0 Å². The summed E-state index contributed by atoms with van der Waals surface area (Å²) in [6.07, 6.45) is 0.819. The van der Waals surface area contributed by atoms with Crippen LogP contribution >= 0.6 is 38.9 Å². The first-order valence-electron chi connectivity index (χ1n) is 4.91. The molecule has 1 aromatic carbocycles. The van der Waals surface area contributed by atoms with Crippen molar-refractivity contribution in [3.05, 3.63) is 55.6 Å². The van der Waals surface area contributed by atoms with Crippen LogP contribution in [0.15, 0.2) is 40.9 Å². The van der Waals surface area contributed by atoms with Crippen molar-refractivity contribution < 1.29 is 0 Å². The molecule has 1 heterocycles. The highest BCUT2D eigenvalue weighted by Crippen LogP contribution is 2.33. The molecule has 0 saturated carbocycles. The van der Waals surface area contributed by atoms with Crippen molar-refractivity contribution in [2.45, 2.75) is 12.5 Å².